The maximum absolute atomic E-state index is 12.0. The van der Waals surface area contributed by atoms with Gasteiger partial charge in [-0.05, 0) is 24.3 Å². The third-order valence-corrected chi connectivity index (χ3v) is 3.86. The molecule has 128 valence electrons. The van der Waals surface area contributed by atoms with Crippen LogP contribution < -0.4 is 10.6 Å². The number of hydrogen-bond acceptors (Lipinski definition) is 6. The molecule has 7 nitrogen and oxygen atoms in total. The number of nitrogens with zero attached hydrogens (tertiary/aromatic N) is 2. The van der Waals surface area contributed by atoms with Crippen LogP contribution in [0.4, 0.5) is 5.69 Å². The van der Waals surface area contributed by atoms with Gasteiger partial charge in [-0.15, -0.1) is 0 Å². The largest absolute Gasteiger partial charge is 0.467 e. The first-order valence-electron chi connectivity index (χ1n) is 8.12. The molecule has 0 atom stereocenters. The second-order valence-corrected chi connectivity index (χ2v) is 5.57. The second kappa shape index (κ2) is 8.47. The quantitative estimate of drug-likeness (QED) is 0.798. The molecular formula is C17H22N4O3. The Labute approximate surface area is 141 Å². The lowest BCUT2D eigenvalue weighted by atomic mass is 10.3. The van der Waals surface area contributed by atoms with Gasteiger partial charge in [0.25, 0.3) is 5.91 Å². The smallest absolute Gasteiger partial charge is 0.270 e. The lowest BCUT2D eigenvalue weighted by Gasteiger charge is -2.26. The van der Waals surface area contributed by atoms with Gasteiger partial charge in [0, 0.05) is 26.2 Å². The first-order chi connectivity index (χ1) is 11.8. The summed E-state index contributed by atoms with van der Waals surface area (Å²) < 4.78 is 10.5. The van der Waals surface area contributed by atoms with Crippen molar-refractivity contribution in [3.05, 3.63) is 48.2 Å². The highest BCUT2D eigenvalue weighted by Gasteiger charge is 2.10. The Kier molecular flexibility index (Phi) is 5.81. The topological polar surface area (TPSA) is 79.6 Å². The van der Waals surface area contributed by atoms with Gasteiger partial charge in [0.15, 0.2) is 0 Å². The molecular weight excluding hydrogens is 308 g/mol. The average Bonchev–Trinajstić information content (AvgIpc) is 3.15. The summed E-state index contributed by atoms with van der Waals surface area (Å²) in [6.45, 7) is 5.74. The maximum Gasteiger partial charge on any atom is 0.270 e. The van der Waals surface area contributed by atoms with E-state index in [1.54, 1.807) is 24.6 Å². The van der Waals surface area contributed by atoms with E-state index < -0.39 is 0 Å². The molecule has 24 heavy (non-hydrogen) atoms. The summed E-state index contributed by atoms with van der Waals surface area (Å²) in [5, 5.41) is 6.09. The van der Waals surface area contributed by atoms with Gasteiger partial charge in [-0.3, -0.25) is 9.69 Å². The minimum absolute atomic E-state index is 0.216. The van der Waals surface area contributed by atoms with Crippen LogP contribution in [0.3, 0.4) is 0 Å². The fourth-order valence-electron chi connectivity index (χ4n) is 2.49. The van der Waals surface area contributed by atoms with Gasteiger partial charge in [-0.1, -0.05) is 0 Å². The molecule has 0 saturated carbocycles. The summed E-state index contributed by atoms with van der Waals surface area (Å²) in [6, 6.07) is 7.19. The van der Waals surface area contributed by atoms with Crippen molar-refractivity contribution in [1.82, 2.24) is 15.2 Å². The number of pyridine rings is 1. The predicted octanol–water partition coefficient (Wildman–Crippen LogP) is 1.35. The van der Waals surface area contributed by atoms with E-state index in [1.807, 2.05) is 12.1 Å². The molecule has 0 radical (unpaired) electrons. The van der Waals surface area contributed by atoms with Crippen molar-refractivity contribution in [2.24, 2.45) is 0 Å². The molecule has 0 unspecified atom stereocenters. The van der Waals surface area contributed by atoms with Gasteiger partial charge >= 0.3 is 0 Å². The molecule has 1 saturated heterocycles. The zero-order valence-electron chi connectivity index (χ0n) is 13.5. The molecule has 2 aromatic heterocycles. The SMILES string of the molecule is O=C(NCc1ccco1)c1ccc(NCCN2CCOCC2)cn1. The van der Waals surface area contributed by atoms with E-state index in [0.717, 1.165) is 45.1 Å². The lowest BCUT2D eigenvalue weighted by Crippen LogP contribution is -2.39. The highest BCUT2D eigenvalue weighted by atomic mass is 16.5. The molecule has 7 heteroatoms. The van der Waals surface area contributed by atoms with E-state index in [2.05, 4.69) is 20.5 Å². The molecule has 1 aliphatic rings. The van der Waals surface area contributed by atoms with Crippen LogP contribution in [0.25, 0.3) is 0 Å². The van der Waals surface area contributed by atoms with Gasteiger partial charge in [0.05, 0.1) is 37.9 Å². The molecule has 1 amide bonds. The van der Waals surface area contributed by atoms with Gasteiger partial charge in [0.1, 0.15) is 11.5 Å². The van der Waals surface area contributed by atoms with Gasteiger partial charge in [-0.2, -0.15) is 0 Å². The van der Waals surface area contributed by atoms with Crippen LogP contribution in [0.15, 0.2) is 41.1 Å². The molecule has 1 aliphatic heterocycles. The fraction of sp³-hybridized carbons (Fsp3) is 0.412. The monoisotopic (exact) mass is 330 g/mol. The normalized spacial score (nSPS) is 15.2. The molecule has 0 aromatic carbocycles. The number of ether oxygens (including phenoxy) is 1. The Morgan fingerprint density at radius 3 is 2.83 bits per heavy atom. The highest BCUT2D eigenvalue weighted by molar-refractivity contribution is 5.92. The number of morpholine rings is 1. The fourth-order valence-corrected chi connectivity index (χ4v) is 2.49. The summed E-state index contributed by atoms with van der Waals surface area (Å²) >= 11 is 0. The van der Waals surface area contributed by atoms with Crippen molar-refractivity contribution in [2.45, 2.75) is 6.54 Å². The van der Waals surface area contributed by atoms with E-state index in [9.17, 15) is 4.79 Å². The Balaban J connectivity index is 1.41. The van der Waals surface area contributed by atoms with E-state index in [0.29, 0.717) is 18.0 Å². The summed E-state index contributed by atoms with van der Waals surface area (Å²) in [5.41, 5.74) is 1.30. The number of aromatic nitrogens is 1. The summed E-state index contributed by atoms with van der Waals surface area (Å²) in [4.78, 5) is 18.6. The third kappa shape index (κ3) is 4.81. The maximum atomic E-state index is 12.0. The van der Waals surface area contributed by atoms with E-state index in [-0.39, 0.29) is 5.91 Å². The first kappa shape index (κ1) is 16.5. The van der Waals surface area contributed by atoms with Crippen molar-refractivity contribution in [2.75, 3.05) is 44.7 Å². The molecule has 0 aliphatic carbocycles. The van der Waals surface area contributed by atoms with Gasteiger partial charge < -0.3 is 19.8 Å². The van der Waals surface area contributed by atoms with Crippen LogP contribution in [-0.4, -0.2) is 55.2 Å². The van der Waals surface area contributed by atoms with Crippen LogP contribution >= 0.6 is 0 Å². The molecule has 2 N–H and O–H groups in total. The summed E-state index contributed by atoms with van der Waals surface area (Å²) in [7, 11) is 0. The van der Waals surface area contributed by atoms with E-state index >= 15 is 0 Å². The minimum Gasteiger partial charge on any atom is -0.467 e. The van der Waals surface area contributed by atoms with Crippen LogP contribution in [-0.2, 0) is 11.3 Å². The first-order valence-corrected chi connectivity index (χ1v) is 8.12. The highest BCUT2D eigenvalue weighted by Crippen LogP contribution is 2.07. The average molecular weight is 330 g/mol. The van der Waals surface area contributed by atoms with Crippen LogP contribution in [0.1, 0.15) is 16.2 Å². The van der Waals surface area contributed by atoms with Crippen molar-refractivity contribution < 1.29 is 13.9 Å². The van der Waals surface area contributed by atoms with Crippen molar-refractivity contribution in [1.29, 1.82) is 0 Å². The Hall–Kier alpha value is -2.38. The standard InChI is InChI=1S/C17H22N4O3/c22-17(20-13-15-2-1-9-24-15)16-4-3-14(12-19-16)18-5-6-21-7-10-23-11-8-21/h1-4,9,12,18H,5-8,10-11,13H2,(H,20,22). The summed E-state index contributed by atoms with van der Waals surface area (Å²) in [6.07, 6.45) is 3.26. The van der Waals surface area contributed by atoms with Crippen LogP contribution in [0, 0.1) is 0 Å². The summed E-state index contributed by atoms with van der Waals surface area (Å²) in [5.74, 6) is 0.496. The lowest BCUT2D eigenvalue weighted by molar-refractivity contribution is 0.0398. The second-order valence-electron chi connectivity index (χ2n) is 5.57. The molecule has 0 spiro atoms. The number of anilines is 1. The molecule has 2 aromatic rings. The number of nitrogens with one attached hydrogen (secondary N) is 2. The number of hydrogen-bond donors (Lipinski definition) is 2. The zero-order valence-corrected chi connectivity index (χ0v) is 13.5. The number of rotatable bonds is 7. The Morgan fingerprint density at radius 2 is 2.12 bits per heavy atom. The van der Waals surface area contributed by atoms with Crippen molar-refractivity contribution in [3.8, 4) is 0 Å². The van der Waals surface area contributed by atoms with E-state index in [4.69, 9.17) is 9.15 Å². The van der Waals surface area contributed by atoms with Gasteiger partial charge in [-0.25, -0.2) is 4.98 Å². The number of carbonyl (C=O) groups excluding carboxylic acids is 1. The molecule has 3 rings (SSSR count). The number of amides is 1. The Morgan fingerprint density at radius 1 is 1.25 bits per heavy atom. The zero-order chi connectivity index (χ0) is 16.6. The number of furan rings is 1. The van der Waals surface area contributed by atoms with Crippen molar-refractivity contribution in [3.63, 3.8) is 0 Å². The van der Waals surface area contributed by atoms with Crippen LogP contribution in [0.2, 0.25) is 0 Å². The van der Waals surface area contributed by atoms with E-state index in [1.165, 1.54) is 0 Å². The van der Waals surface area contributed by atoms with Crippen LogP contribution in [0.5, 0.6) is 0 Å². The molecule has 1 fully saturated rings. The molecule has 3 heterocycles. The van der Waals surface area contributed by atoms with Gasteiger partial charge in [0.2, 0.25) is 0 Å². The third-order valence-electron chi connectivity index (χ3n) is 3.86. The minimum atomic E-state index is -0.216. The Bertz CT molecular complexity index is 622. The number of carbonyl (C=O) groups is 1. The predicted molar refractivity (Wildman–Crippen MR) is 89.9 cm³/mol. The van der Waals surface area contributed by atoms with Crippen molar-refractivity contribution >= 4 is 11.6 Å². The molecule has 0 bridgehead atoms.